The van der Waals surface area contributed by atoms with Gasteiger partial charge in [0.15, 0.2) is 0 Å². The number of hydrogen-bond donors (Lipinski definition) is 0. The standard InChI is InChI=1S/C30H26FNO2/c1-34-27-15-16-28(22-7-3-2-4-8-22)29(19-27)30(33)32(20-21-11-13-25(31)14-12-21)26-17-23-9-5-6-10-24(23)18-26/h2-16,19,26H,17-18,20H2,1H3. The zero-order chi connectivity index (χ0) is 23.5. The van der Waals surface area contributed by atoms with E-state index in [-0.39, 0.29) is 17.8 Å². The van der Waals surface area contributed by atoms with Crippen LogP contribution in [-0.4, -0.2) is 24.0 Å². The lowest BCUT2D eigenvalue weighted by atomic mass is 9.97. The van der Waals surface area contributed by atoms with Gasteiger partial charge in [-0.1, -0.05) is 66.7 Å². The van der Waals surface area contributed by atoms with E-state index in [0.717, 1.165) is 29.5 Å². The minimum Gasteiger partial charge on any atom is -0.497 e. The summed E-state index contributed by atoms with van der Waals surface area (Å²) in [6, 6.07) is 30.3. The van der Waals surface area contributed by atoms with E-state index in [9.17, 15) is 9.18 Å². The van der Waals surface area contributed by atoms with E-state index in [1.54, 1.807) is 19.2 Å². The van der Waals surface area contributed by atoms with Crippen molar-refractivity contribution >= 4 is 5.91 Å². The molecule has 0 bridgehead atoms. The Kier molecular flexibility index (Phi) is 6.13. The van der Waals surface area contributed by atoms with Gasteiger partial charge in [0, 0.05) is 12.6 Å². The van der Waals surface area contributed by atoms with E-state index in [2.05, 4.69) is 12.1 Å². The summed E-state index contributed by atoms with van der Waals surface area (Å²) in [5, 5.41) is 0. The first-order valence-electron chi connectivity index (χ1n) is 11.5. The molecule has 0 fully saturated rings. The Bertz CT molecular complexity index is 1280. The van der Waals surface area contributed by atoms with Crippen molar-refractivity contribution < 1.29 is 13.9 Å². The van der Waals surface area contributed by atoms with Crippen LogP contribution in [-0.2, 0) is 19.4 Å². The van der Waals surface area contributed by atoms with E-state index in [0.29, 0.717) is 17.9 Å². The van der Waals surface area contributed by atoms with Crippen LogP contribution >= 0.6 is 0 Å². The minimum absolute atomic E-state index is 0.0183. The number of benzene rings is 4. The number of halogens is 1. The molecule has 1 aliphatic carbocycles. The molecule has 4 aromatic carbocycles. The number of carbonyl (C=O) groups is 1. The molecule has 0 spiro atoms. The van der Waals surface area contributed by atoms with Gasteiger partial charge in [-0.25, -0.2) is 4.39 Å². The van der Waals surface area contributed by atoms with Crippen LogP contribution in [0, 0.1) is 5.82 Å². The Labute approximate surface area is 199 Å². The predicted octanol–water partition coefficient (Wildman–Crippen LogP) is 6.31. The lowest BCUT2D eigenvalue weighted by Gasteiger charge is -2.30. The maximum atomic E-state index is 14.2. The van der Waals surface area contributed by atoms with Gasteiger partial charge < -0.3 is 9.64 Å². The first kappa shape index (κ1) is 21.9. The summed E-state index contributed by atoms with van der Waals surface area (Å²) in [6.07, 6.45) is 1.60. The topological polar surface area (TPSA) is 29.5 Å². The third kappa shape index (κ3) is 4.44. The zero-order valence-corrected chi connectivity index (χ0v) is 19.1. The molecule has 0 aliphatic heterocycles. The Balaban J connectivity index is 1.56. The monoisotopic (exact) mass is 451 g/mol. The SMILES string of the molecule is COc1ccc(-c2ccccc2)c(C(=O)N(Cc2ccc(F)cc2)C2Cc3ccccc3C2)c1. The van der Waals surface area contributed by atoms with Gasteiger partial charge in [-0.15, -0.1) is 0 Å². The molecule has 0 unspecified atom stereocenters. The highest BCUT2D eigenvalue weighted by molar-refractivity contribution is 6.01. The number of rotatable bonds is 6. The number of methoxy groups -OCH3 is 1. The van der Waals surface area contributed by atoms with Crippen LogP contribution in [0.4, 0.5) is 4.39 Å². The van der Waals surface area contributed by atoms with Crippen molar-refractivity contribution in [2.45, 2.75) is 25.4 Å². The summed E-state index contributed by atoms with van der Waals surface area (Å²) >= 11 is 0. The molecule has 0 saturated heterocycles. The third-order valence-corrected chi connectivity index (χ3v) is 6.54. The number of hydrogen-bond acceptors (Lipinski definition) is 2. The molecule has 1 aliphatic rings. The van der Waals surface area contributed by atoms with Crippen molar-refractivity contribution in [1.82, 2.24) is 4.90 Å². The molecule has 170 valence electrons. The molecular formula is C30H26FNO2. The Morgan fingerprint density at radius 3 is 2.18 bits per heavy atom. The van der Waals surface area contributed by atoms with Crippen molar-refractivity contribution in [1.29, 1.82) is 0 Å². The minimum atomic E-state index is -0.283. The maximum Gasteiger partial charge on any atom is 0.255 e. The Hall–Kier alpha value is -3.92. The average molecular weight is 452 g/mol. The van der Waals surface area contributed by atoms with Crippen LogP contribution in [0.3, 0.4) is 0 Å². The molecule has 4 aromatic rings. The smallest absolute Gasteiger partial charge is 0.255 e. The molecule has 5 rings (SSSR count). The molecule has 0 atom stereocenters. The summed E-state index contributed by atoms with van der Waals surface area (Å²) in [4.78, 5) is 16.2. The van der Waals surface area contributed by atoms with Crippen molar-refractivity contribution in [3.05, 3.63) is 125 Å². The number of carbonyl (C=O) groups excluding carboxylic acids is 1. The van der Waals surface area contributed by atoms with E-state index in [1.165, 1.54) is 23.3 Å². The lowest BCUT2D eigenvalue weighted by Crippen LogP contribution is -2.40. The number of amides is 1. The first-order chi connectivity index (χ1) is 16.6. The normalized spacial score (nSPS) is 12.9. The van der Waals surface area contributed by atoms with Gasteiger partial charge in [0.1, 0.15) is 11.6 Å². The molecule has 3 nitrogen and oxygen atoms in total. The molecule has 0 radical (unpaired) electrons. The second kappa shape index (κ2) is 9.52. The Morgan fingerprint density at radius 1 is 0.882 bits per heavy atom. The van der Waals surface area contributed by atoms with Gasteiger partial charge in [-0.3, -0.25) is 4.79 Å². The van der Waals surface area contributed by atoms with Gasteiger partial charge in [-0.2, -0.15) is 0 Å². The number of nitrogens with zero attached hydrogens (tertiary/aromatic N) is 1. The van der Waals surface area contributed by atoms with E-state index in [4.69, 9.17) is 4.74 Å². The number of ether oxygens (including phenoxy) is 1. The fraction of sp³-hybridized carbons (Fsp3) is 0.167. The molecular weight excluding hydrogens is 425 g/mol. The summed E-state index contributed by atoms with van der Waals surface area (Å²) in [7, 11) is 1.61. The Morgan fingerprint density at radius 2 is 1.53 bits per heavy atom. The summed E-state index contributed by atoms with van der Waals surface area (Å²) in [5.41, 5.74) is 5.89. The highest BCUT2D eigenvalue weighted by atomic mass is 19.1. The van der Waals surface area contributed by atoms with Crippen LogP contribution in [0.1, 0.15) is 27.0 Å². The van der Waals surface area contributed by atoms with Crippen molar-refractivity contribution in [3.63, 3.8) is 0 Å². The molecule has 0 N–H and O–H groups in total. The fourth-order valence-electron chi connectivity index (χ4n) is 4.76. The van der Waals surface area contributed by atoms with E-state index < -0.39 is 0 Å². The summed E-state index contributed by atoms with van der Waals surface area (Å²) < 4.78 is 19.0. The van der Waals surface area contributed by atoms with Gasteiger partial charge in [0.2, 0.25) is 0 Å². The van der Waals surface area contributed by atoms with Crippen molar-refractivity contribution in [3.8, 4) is 16.9 Å². The highest BCUT2D eigenvalue weighted by Crippen LogP contribution is 2.32. The van der Waals surface area contributed by atoms with Crippen LogP contribution in [0.25, 0.3) is 11.1 Å². The van der Waals surface area contributed by atoms with Crippen LogP contribution < -0.4 is 4.74 Å². The second-order valence-electron chi connectivity index (χ2n) is 8.67. The third-order valence-electron chi connectivity index (χ3n) is 6.54. The largest absolute Gasteiger partial charge is 0.497 e. The summed E-state index contributed by atoms with van der Waals surface area (Å²) in [5.74, 6) is 0.299. The molecule has 1 amide bonds. The quantitative estimate of drug-likeness (QED) is 0.344. The molecule has 0 heterocycles. The predicted molar refractivity (Wildman–Crippen MR) is 132 cm³/mol. The number of fused-ring (bicyclic) bond motifs is 1. The van der Waals surface area contributed by atoms with Crippen molar-refractivity contribution in [2.24, 2.45) is 0 Å². The lowest BCUT2D eigenvalue weighted by molar-refractivity contribution is 0.0668. The first-order valence-corrected chi connectivity index (χ1v) is 11.5. The fourth-order valence-corrected chi connectivity index (χ4v) is 4.76. The van der Waals surface area contributed by atoms with Crippen LogP contribution in [0.5, 0.6) is 5.75 Å². The average Bonchev–Trinajstić information content (AvgIpc) is 3.32. The maximum absolute atomic E-state index is 14.2. The zero-order valence-electron chi connectivity index (χ0n) is 19.1. The van der Waals surface area contributed by atoms with E-state index >= 15 is 0 Å². The van der Waals surface area contributed by atoms with Crippen LogP contribution in [0.15, 0.2) is 97.1 Å². The van der Waals surface area contributed by atoms with Gasteiger partial charge >= 0.3 is 0 Å². The molecule has 0 aromatic heterocycles. The second-order valence-corrected chi connectivity index (χ2v) is 8.67. The highest BCUT2D eigenvalue weighted by Gasteiger charge is 2.31. The van der Waals surface area contributed by atoms with Gasteiger partial charge in [0.05, 0.1) is 12.7 Å². The molecule has 0 saturated carbocycles. The van der Waals surface area contributed by atoms with E-state index in [1.807, 2.05) is 65.6 Å². The molecule has 4 heteroatoms. The van der Waals surface area contributed by atoms with Gasteiger partial charge in [0.25, 0.3) is 5.91 Å². The molecule has 34 heavy (non-hydrogen) atoms. The van der Waals surface area contributed by atoms with Crippen molar-refractivity contribution in [2.75, 3.05) is 7.11 Å². The summed E-state index contributed by atoms with van der Waals surface area (Å²) in [6.45, 7) is 0.406. The van der Waals surface area contributed by atoms with Gasteiger partial charge in [-0.05, 0) is 71.0 Å². The van der Waals surface area contributed by atoms with Crippen LogP contribution in [0.2, 0.25) is 0 Å².